The van der Waals surface area contributed by atoms with Crippen molar-refractivity contribution in [1.82, 2.24) is 4.98 Å². The number of nitrogens with zero attached hydrogens (tertiary/aromatic N) is 1. The molecule has 1 heterocycles. The molecule has 0 aliphatic carbocycles. The molecule has 0 unspecified atom stereocenters. The third kappa shape index (κ3) is 3.13. The average molecular weight is 246 g/mol. The van der Waals surface area contributed by atoms with Gasteiger partial charge in [0.05, 0.1) is 5.52 Å². The van der Waals surface area contributed by atoms with E-state index in [-0.39, 0.29) is 0 Å². The Kier molecular flexibility index (Phi) is 4.26. The van der Waals surface area contributed by atoms with Crippen LogP contribution in [0.25, 0.3) is 10.9 Å². The van der Waals surface area contributed by atoms with Crippen LogP contribution in [0.5, 0.6) is 0 Å². The van der Waals surface area contributed by atoms with Gasteiger partial charge in [0.2, 0.25) is 0 Å². The Morgan fingerprint density at radius 1 is 1.35 bits per heavy atom. The molecule has 1 aromatic heterocycles. The third-order valence-electron chi connectivity index (χ3n) is 2.69. The molecule has 2 aromatic rings. The van der Waals surface area contributed by atoms with Gasteiger partial charge < -0.3 is 5.32 Å². The molecule has 1 N–H and O–H groups in total. The predicted molar refractivity (Wildman–Crippen MR) is 76.3 cm³/mol. The fraction of sp³-hybridized carbons (Fsp3) is 0.308. The highest BCUT2D eigenvalue weighted by molar-refractivity contribution is 6.33. The minimum absolute atomic E-state index is 0.725. The fourth-order valence-corrected chi connectivity index (χ4v) is 1.97. The summed E-state index contributed by atoms with van der Waals surface area (Å²) in [6, 6.07) is 7.81. The molecule has 0 saturated heterocycles. The minimum Gasteiger partial charge on any atom is -0.384 e. The van der Waals surface area contributed by atoms with Crippen molar-refractivity contribution >= 4 is 35.5 Å². The molecule has 2 rings (SSSR count). The van der Waals surface area contributed by atoms with Gasteiger partial charge >= 0.3 is 0 Å². The van der Waals surface area contributed by atoms with Gasteiger partial charge in [-0.1, -0.05) is 24.7 Å². The van der Waals surface area contributed by atoms with Crippen LogP contribution in [0.4, 0.5) is 5.69 Å². The lowest BCUT2D eigenvalue weighted by Gasteiger charge is -2.09. The Bertz CT molecular complexity index is 502. The Hall–Kier alpha value is -1.22. The van der Waals surface area contributed by atoms with E-state index in [2.05, 4.69) is 24.4 Å². The van der Waals surface area contributed by atoms with E-state index in [1.54, 1.807) is 0 Å². The zero-order valence-corrected chi connectivity index (χ0v) is 10.7. The van der Waals surface area contributed by atoms with E-state index in [1.807, 2.05) is 30.5 Å². The smallest absolute Gasteiger partial charge is 0.105 e. The summed E-state index contributed by atoms with van der Waals surface area (Å²) in [6.07, 6.45) is 4.10. The summed E-state index contributed by atoms with van der Waals surface area (Å²) in [7, 11) is 2.19. The van der Waals surface area contributed by atoms with E-state index in [4.69, 9.17) is 11.6 Å². The number of rotatable bonds is 5. The number of hydrogen-bond acceptors (Lipinski definition) is 2. The van der Waals surface area contributed by atoms with Gasteiger partial charge in [0.1, 0.15) is 7.28 Å². The van der Waals surface area contributed by atoms with Crippen molar-refractivity contribution in [1.29, 1.82) is 0 Å². The van der Waals surface area contributed by atoms with Crippen LogP contribution in [0.3, 0.4) is 0 Å². The van der Waals surface area contributed by atoms with Gasteiger partial charge in [0, 0.05) is 28.8 Å². The summed E-state index contributed by atoms with van der Waals surface area (Å²) < 4.78 is 0. The van der Waals surface area contributed by atoms with Crippen molar-refractivity contribution in [3.63, 3.8) is 0 Å². The molecule has 0 amide bonds. The minimum atomic E-state index is 0.725. The molecule has 0 bridgehead atoms. The number of pyridine rings is 1. The average Bonchev–Trinajstić information content (AvgIpc) is 2.34. The number of fused-ring (bicyclic) bond motifs is 1. The van der Waals surface area contributed by atoms with Gasteiger partial charge in [-0.25, -0.2) is 0 Å². The first-order valence-electron chi connectivity index (χ1n) is 5.87. The first kappa shape index (κ1) is 12.2. The van der Waals surface area contributed by atoms with Gasteiger partial charge in [-0.3, -0.25) is 4.98 Å². The van der Waals surface area contributed by atoms with Crippen LogP contribution in [0, 0.1) is 0 Å². The standard InChI is InChI=1S/C13H15BClN2/c1-14-6-2-7-16-12-5-8-17-13-9-10(15)3-4-11(12)13/h3-5,8-9H,2,6-7H2,1H3,(H,16,17). The van der Waals surface area contributed by atoms with Gasteiger partial charge in [0.25, 0.3) is 0 Å². The van der Waals surface area contributed by atoms with Crippen LogP contribution in [0.1, 0.15) is 6.42 Å². The fourth-order valence-electron chi connectivity index (χ4n) is 1.80. The molecule has 4 heteroatoms. The first-order chi connectivity index (χ1) is 8.31. The monoisotopic (exact) mass is 245 g/mol. The molecule has 87 valence electrons. The molecule has 0 aliphatic heterocycles. The Morgan fingerprint density at radius 3 is 3.06 bits per heavy atom. The van der Waals surface area contributed by atoms with Crippen LogP contribution in [0.15, 0.2) is 30.5 Å². The lowest BCUT2D eigenvalue weighted by molar-refractivity contribution is 0.973. The summed E-state index contributed by atoms with van der Waals surface area (Å²) in [5, 5.41) is 5.29. The number of aromatic nitrogens is 1. The summed E-state index contributed by atoms with van der Waals surface area (Å²) >= 11 is 5.95. The van der Waals surface area contributed by atoms with Crippen molar-refractivity contribution in [2.75, 3.05) is 11.9 Å². The van der Waals surface area contributed by atoms with Crippen molar-refractivity contribution in [2.24, 2.45) is 0 Å². The molecule has 17 heavy (non-hydrogen) atoms. The topological polar surface area (TPSA) is 24.9 Å². The van der Waals surface area contributed by atoms with E-state index >= 15 is 0 Å². The van der Waals surface area contributed by atoms with Gasteiger partial charge in [-0.2, -0.15) is 0 Å². The number of halogens is 1. The molecular weight excluding hydrogens is 230 g/mol. The van der Waals surface area contributed by atoms with Gasteiger partial charge in [-0.15, -0.1) is 0 Å². The summed E-state index contributed by atoms with van der Waals surface area (Å²) in [6.45, 7) is 3.07. The number of anilines is 1. The molecule has 0 fully saturated rings. The molecule has 1 radical (unpaired) electrons. The van der Waals surface area contributed by atoms with Gasteiger partial charge in [-0.05, 0) is 30.7 Å². The Morgan fingerprint density at radius 2 is 2.24 bits per heavy atom. The molecular formula is C13H15BClN2. The van der Waals surface area contributed by atoms with Crippen molar-refractivity contribution < 1.29 is 0 Å². The maximum Gasteiger partial charge on any atom is 0.105 e. The second kappa shape index (κ2) is 5.92. The van der Waals surface area contributed by atoms with Crippen molar-refractivity contribution in [3.8, 4) is 0 Å². The van der Waals surface area contributed by atoms with Gasteiger partial charge in [0.15, 0.2) is 0 Å². The molecule has 0 spiro atoms. The summed E-state index contributed by atoms with van der Waals surface area (Å²) in [5.74, 6) is 0. The predicted octanol–water partition coefficient (Wildman–Crippen LogP) is 3.86. The zero-order valence-electron chi connectivity index (χ0n) is 9.91. The lowest BCUT2D eigenvalue weighted by Crippen LogP contribution is -2.02. The highest BCUT2D eigenvalue weighted by Gasteiger charge is 2.01. The van der Waals surface area contributed by atoms with Crippen LogP contribution in [0.2, 0.25) is 18.2 Å². The van der Waals surface area contributed by atoms with Crippen LogP contribution < -0.4 is 5.32 Å². The molecule has 0 atom stereocenters. The largest absolute Gasteiger partial charge is 0.384 e. The highest BCUT2D eigenvalue weighted by Crippen LogP contribution is 2.24. The maximum atomic E-state index is 5.95. The lowest BCUT2D eigenvalue weighted by atomic mass is 9.77. The van der Waals surface area contributed by atoms with Crippen molar-refractivity contribution in [2.45, 2.75) is 19.6 Å². The molecule has 1 aromatic carbocycles. The first-order valence-corrected chi connectivity index (χ1v) is 6.25. The van der Waals surface area contributed by atoms with E-state index in [9.17, 15) is 0 Å². The molecule has 2 nitrogen and oxygen atoms in total. The SMILES string of the molecule is C[B]CCCNc1ccnc2cc(Cl)ccc12. The van der Waals surface area contributed by atoms with E-state index in [0.29, 0.717) is 0 Å². The zero-order chi connectivity index (χ0) is 12.1. The quantitative estimate of drug-likeness (QED) is 0.639. The maximum absolute atomic E-state index is 5.95. The van der Waals surface area contributed by atoms with Crippen LogP contribution in [-0.4, -0.2) is 18.8 Å². The summed E-state index contributed by atoms with van der Waals surface area (Å²) in [5.41, 5.74) is 2.06. The van der Waals surface area contributed by atoms with Crippen LogP contribution in [-0.2, 0) is 0 Å². The number of hydrogen-bond donors (Lipinski definition) is 1. The Labute approximate surface area is 108 Å². The normalized spacial score (nSPS) is 10.5. The van der Waals surface area contributed by atoms with Crippen LogP contribution >= 0.6 is 11.6 Å². The highest BCUT2D eigenvalue weighted by atomic mass is 35.5. The third-order valence-corrected chi connectivity index (χ3v) is 2.92. The van der Waals surface area contributed by atoms with E-state index < -0.39 is 0 Å². The van der Waals surface area contributed by atoms with E-state index in [1.165, 1.54) is 0 Å². The molecule has 0 saturated carbocycles. The number of benzene rings is 1. The van der Waals surface area contributed by atoms with Crippen molar-refractivity contribution in [3.05, 3.63) is 35.5 Å². The molecule has 0 aliphatic rings. The second-order valence-corrected chi connectivity index (χ2v) is 4.43. The van der Waals surface area contributed by atoms with E-state index in [0.717, 1.165) is 40.9 Å². The Balaban J connectivity index is 2.16. The summed E-state index contributed by atoms with van der Waals surface area (Å²) in [4.78, 5) is 4.32. The number of nitrogens with one attached hydrogen (secondary N) is 1. The second-order valence-electron chi connectivity index (χ2n) is 4.00.